The number of methoxy groups -OCH3 is 2. The molecule has 0 spiro atoms. The second kappa shape index (κ2) is 6.40. The van der Waals surface area contributed by atoms with Crippen molar-refractivity contribution in [3.8, 4) is 17.6 Å². The van der Waals surface area contributed by atoms with Crippen LogP contribution in [0.4, 0.5) is 0 Å². The average Bonchev–Trinajstić information content (AvgIpc) is 2.79. The van der Waals surface area contributed by atoms with E-state index in [0.717, 1.165) is 4.90 Å². The van der Waals surface area contributed by atoms with Crippen LogP contribution in [0.25, 0.3) is 0 Å². The van der Waals surface area contributed by atoms with Crippen LogP contribution in [-0.2, 0) is 9.59 Å². The van der Waals surface area contributed by atoms with E-state index in [0.29, 0.717) is 17.1 Å². The van der Waals surface area contributed by atoms with Crippen molar-refractivity contribution in [1.29, 1.82) is 5.26 Å². The van der Waals surface area contributed by atoms with Crippen LogP contribution in [-0.4, -0.2) is 42.5 Å². The van der Waals surface area contributed by atoms with Gasteiger partial charge in [0.25, 0.3) is 5.91 Å². The smallest absolute Gasteiger partial charge is 0.290 e. The molecule has 1 aromatic carbocycles. The minimum absolute atomic E-state index is 0.0585. The van der Waals surface area contributed by atoms with E-state index in [4.69, 9.17) is 14.7 Å². The van der Waals surface area contributed by atoms with Crippen LogP contribution < -0.4 is 9.47 Å². The number of carbonyl (C=O) groups excluding carboxylic acids is 2. The van der Waals surface area contributed by atoms with Crippen LogP contribution in [0.5, 0.6) is 11.5 Å². The Hall–Kier alpha value is -3.01. The van der Waals surface area contributed by atoms with Crippen LogP contribution >= 0.6 is 0 Å². The fraction of sp³-hybridized carbons (Fsp3) is 0.312. The van der Waals surface area contributed by atoms with Gasteiger partial charge in [0.1, 0.15) is 18.0 Å². The number of amides is 1. The van der Waals surface area contributed by atoms with Gasteiger partial charge >= 0.3 is 0 Å². The molecule has 0 aliphatic carbocycles. The Bertz CT molecular complexity index is 732. The summed E-state index contributed by atoms with van der Waals surface area (Å²) in [7, 11) is 2.94. The Balaban J connectivity index is 2.68. The highest BCUT2D eigenvalue weighted by molar-refractivity contribution is 6.08. The lowest BCUT2D eigenvalue weighted by molar-refractivity contribution is -0.128. The molecule has 1 N–H and O–H groups in total. The molecule has 7 nitrogen and oxygen atoms in total. The third-order valence-corrected chi connectivity index (χ3v) is 3.66. The van der Waals surface area contributed by atoms with Gasteiger partial charge in [0.2, 0.25) is 0 Å². The van der Waals surface area contributed by atoms with E-state index in [1.54, 1.807) is 18.2 Å². The number of nitriles is 1. The largest absolute Gasteiger partial charge is 0.503 e. The molecule has 0 fully saturated rings. The summed E-state index contributed by atoms with van der Waals surface area (Å²) < 4.78 is 10.5. The second-order valence-corrected chi connectivity index (χ2v) is 4.92. The normalized spacial score (nSPS) is 17.2. The van der Waals surface area contributed by atoms with Crippen molar-refractivity contribution in [1.82, 2.24) is 4.90 Å². The Morgan fingerprint density at radius 2 is 2.09 bits per heavy atom. The van der Waals surface area contributed by atoms with Gasteiger partial charge in [-0.05, 0) is 25.1 Å². The van der Waals surface area contributed by atoms with E-state index in [2.05, 4.69) is 0 Å². The number of nitrogens with zero attached hydrogens (tertiary/aromatic N) is 2. The summed E-state index contributed by atoms with van der Waals surface area (Å²) >= 11 is 0. The molecule has 2 rings (SSSR count). The monoisotopic (exact) mass is 316 g/mol. The number of hydrogen-bond acceptors (Lipinski definition) is 6. The average molecular weight is 316 g/mol. The maximum atomic E-state index is 12.2. The molecule has 0 saturated heterocycles. The predicted molar refractivity (Wildman–Crippen MR) is 79.9 cm³/mol. The maximum Gasteiger partial charge on any atom is 0.290 e. The van der Waals surface area contributed by atoms with Gasteiger partial charge in [0, 0.05) is 5.56 Å². The molecule has 1 aliphatic heterocycles. The summed E-state index contributed by atoms with van der Waals surface area (Å²) in [5.74, 6) is -0.931. The van der Waals surface area contributed by atoms with Crippen LogP contribution in [0.3, 0.4) is 0 Å². The zero-order chi connectivity index (χ0) is 17.1. The zero-order valence-corrected chi connectivity index (χ0v) is 13.0. The molecule has 7 heteroatoms. The van der Waals surface area contributed by atoms with E-state index < -0.39 is 23.5 Å². The van der Waals surface area contributed by atoms with E-state index in [1.807, 2.05) is 6.07 Å². The van der Waals surface area contributed by atoms with Crippen LogP contribution in [0.15, 0.2) is 29.5 Å². The van der Waals surface area contributed by atoms with Gasteiger partial charge in [0.15, 0.2) is 11.5 Å². The summed E-state index contributed by atoms with van der Waals surface area (Å²) in [4.78, 5) is 25.3. The van der Waals surface area contributed by atoms with Gasteiger partial charge in [-0.15, -0.1) is 0 Å². The number of benzene rings is 1. The summed E-state index contributed by atoms with van der Waals surface area (Å²) in [5, 5.41) is 19.0. The molecule has 0 unspecified atom stereocenters. The molecule has 0 aromatic heterocycles. The molecule has 0 bridgehead atoms. The lowest BCUT2D eigenvalue weighted by Gasteiger charge is -2.25. The van der Waals surface area contributed by atoms with Gasteiger partial charge in [-0.2, -0.15) is 5.26 Å². The maximum absolute atomic E-state index is 12.2. The number of aliphatic hydroxyl groups is 1. The van der Waals surface area contributed by atoms with Gasteiger partial charge in [0.05, 0.1) is 31.9 Å². The van der Waals surface area contributed by atoms with Gasteiger partial charge in [-0.3, -0.25) is 9.59 Å². The number of aliphatic hydroxyl groups excluding tert-OH is 1. The van der Waals surface area contributed by atoms with Crippen molar-refractivity contribution in [3.05, 3.63) is 35.1 Å². The van der Waals surface area contributed by atoms with E-state index in [-0.39, 0.29) is 12.1 Å². The first kappa shape index (κ1) is 16.4. The van der Waals surface area contributed by atoms with E-state index in [9.17, 15) is 14.7 Å². The lowest BCUT2D eigenvalue weighted by atomic mass is 9.95. The highest BCUT2D eigenvalue weighted by atomic mass is 16.5. The highest BCUT2D eigenvalue weighted by Gasteiger charge is 2.43. The van der Waals surface area contributed by atoms with Crippen LogP contribution in [0, 0.1) is 11.3 Å². The Morgan fingerprint density at radius 3 is 2.61 bits per heavy atom. The molecule has 1 aliphatic rings. The van der Waals surface area contributed by atoms with Crippen LogP contribution in [0.2, 0.25) is 0 Å². The Kier molecular flexibility index (Phi) is 4.55. The molecule has 23 heavy (non-hydrogen) atoms. The first-order valence-electron chi connectivity index (χ1n) is 6.80. The number of ether oxygens (including phenoxy) is 2. The van der Waals surface area contributed by atoms with Crippen molar-refractivity contribution in [3.63, 3.8) is 0 Å². The van der Waals surface area contributed by atoms with Gasteiger partial charge < -0.3 is 19.5 Å². The van der Waals surface area contributed by atoms with Crippen molar-refractivity contribution in [2.24, 2.45) is 0 Å². The molecule has 120 valence electrons. The van der Waals surface area contributed by atoms with Crippen molar-refractivity contribution < 1.29 is 24.2 Å². The standard InChI is InChI=1S/C16H16N2O5/c1-9(19)13-14(18(7-6-17)16(21)15(13)20)11-8-10(22-2)4-5-12(11)23-3/h4-5,8,14,20H,7H2,1-3H3/t14-/m0/s1. The first-order chi connectivity index (χ1) is 11.0. The minimum atomic E-state index is -0.898. The van der Waals surface area contributed by atoms with Gasteiger partial charge in [-0.1, -0.05) is 0 Å². The Labute approximate surface area is 133 Å². The number of ketones is 1. The molecule has 0 radical (unpaired) electrons. The van der Waals surface area contributed by atoms with Gasteiger partial charge in [-0.25, -0.2) is 0 Å². The molecule has 0 saturated carbocycles. The molecule has 1 amide bonds. The lowest BCUT2D eigenvalue weighted by Crippen LogP contribution is -2.31. The van der Waals surface area contributed by atoms with E-state index >= 15 is 0 Å². The molecular weight excluding hydrogens is 300 g/mol. The first-order valence-corrected chi connectivity index (χ1v) is 6.80. The third-order valence-electron chi connectivity index (χ3n) is 3.66. The van der Waals surface area contributed by atoms with E-state index in [1.165, 1.54) is 21.1 Å². The Morgan fingerprint density at radius 1 is 1.39 bits per heavy atom. The number of carbonyl (C=O) groups is 2. The molecule has 1 aromatic rings. The fourth-order valence-electron chi connectivity index (χ4n) is 2.63. The van der Waals surface area contributed by atoms with Crippen molar-refractivity contribution in [2.45, 2.75) is 13.0 Å². The summed E-state index contributed by atoms with van der Waals surface area (Å²) in [6, 6.07) is 5.89. The third kappa shape index (κ3) is 2.71. The quantitative estimate of drug-likeness (QED) is 0.827. The number of rotatable bonds is 5. The van der Waals surface area contributed by atoms with Crippen molar-refractivity contribution >= 4 is 11.7 Å². The second-order valence-electron chi connectivity index (χ2n) is 4.92. The molecule has 1 heterocycles. The zero-order valence-electron chi connectivity index (χ0n) is 13.0. The molecule has 1 atom stereocenters. The SMILES string of the molecule is COc1ccc(OC)c([C@H]2C(C(C)=O)=C(O)C(=O)N2CC#N)c1. The summed E-state index contributed by atoms with van der Waals surface area (Å²) in [5.41, 5.74) is 0.404. The number of Topliss-reactive ketones (excluding diaryl/α,β-unsaturated/α-hetero) is 1. The van der Waals surface area contributed by atoms with Crippen LogP contribution in [0.1, 0.15) is 18.5 Å². The topological polar surface area (TPSA) is 99.9 Å². The fourth-order valence-corrected chi connectivity index (χ4v) is 2.63. The summed E-state index contributed by atoms with van der Waals surface area (Å²) in [6.07, 6.45) is 0. The summed E-state index contributed by atoms with van der Waals surface area (Å²) in [6.45, 7) is 0.985. The van der Waals surface area contributed by atoms with Crippen molar-refractivity contribution in [2.75, 3.05) is 20.8 Å². The minimum Gasteiger partial charge on any atom is -0.503 e. The predicted octanol–water partition coefficient (Wildman–Crippen LogP) is 1.51. The number of hydrogen-bond donors (Lipinski definition) is 1. The molecular formula is C16H16N2O5. The highest BCUT2D eigenvalue weighted by Crippen LogP contribution is 2.42.